The summed E-state index contributed by atoms with van der Waals surface area (Å²) in [6.07, 6.45) is 5.15. The van der Waals surface area contributed by atoms with Gasteiger partial charge in [0.15, 0.2) is 0 Å². The number of carboxylic acids is 1. The van der Waals surface area contributed by atoms with Gasteiger partial charge in [-0.1, -0.05) is 17.7 Å². The van der Waals surface area contributed by atoms with Crippen molar-refractivity contribution in [1.29, 1.82) is 0 Å². The number of carbonyl (C=O) groups is 1. The van der Waals surface area contributed by atoms with Crippen molar-refractivity contribution in [1.82, 2.24) is 0 Å². The molecule has 3 heteroatoms. The minimum atomic E-state index is -0.671. The summed E-state index contributed by atoms with van der Waals surface area (Å²) in [6.45, 7) is 4.32. The molecule has 0 bridgehead atoms. The zero-order chi connectivity index (χ0) is 14.1. The second-order valence-corrected chi connectivity index (χ2v) is 6.30. The Morgan fingerprint density at radius 2 is 2.05 bits per heavy atom. The van der Waals surface area contributed by atoms with Crippen LogP contribution in [0, 0.1) is 12.8 Å². The molecule has 2 aliphatic rings. The van der Waals surface area contributed by atoms with Crippen LogP contribution in [-0.4, -0.2) is 24.2 Å². The highest BCUT2D eigenvalue weighted by Gasteiger charge is 2.35. The molecule has 0 spiro atoms. The van der Waals surface area contributed by atoms with Crippen LogP contribution in [0.5, 0.6) is 0 Å². The third-order valence-electron chi connectivity index (χ3n) is 4.61. The van der Waals surface area contributed by atoms with Crippen molar-refractivity contribution in [3.05, 3.63) is 29.3 Å². The molecule has 0 aromatic heterocycles. The SMILES string of the molecule is Cc1ccc(N2CCCC2)c(C(CC(=O)O)C2CC2)c1. The molecule has 1 saturated carbocycles. The minimum Gasteiger partial charge on any atom is -0.481 e. The lowest BCUT2D eigenvalue weighted by Crippen LogP contribution is -2.21. The van der Waals surface area contributed by atoms with E-state index in [4.69, 9.17) is 0 Å². The van der Waals surface area contributed by atoms with E-state index in [9.17, 15) is 9.90 Å². The first-order chi connectivity index (χ1) is 9.65. The van der Waals surface area contributed by atoms with Gasteiger partial charge in [-0.15, -0.1) is 0 Å². The molecular weight excluding hydrogens is 250 g/mol. The van der Waals surface area contributed by atoms with Gasteiger partial charge < -0.3 is 10.0 Å². The number of hydrogen-bond acceptors (Lipinski definition) is 2. The number of nitrogens with zero attached hydrogens (tertiary/aromatic N) is 1. The summed E-state index contributed by atoms with van der Waals surface area (Å²) in [5.74, 6) is 0.105. The zero-order valence-corrected chi connectivity index (χ0v) is 12.1. The first-order valence-electron chi connectivity index (χ1n) is 7.72. The molecule has 1 heterocycles. The Morgan fingerprint density at radius 1 is 1.35 bits per heavy atom. The summed E-state index contributed by atoms with van der Waals surface area (Å²) in [5, 5.41) is 9.23. The molecule has 1 aromatic carbocycles. The second kappa shape index (κ2) is 5.47. The van der Waals surface area contributed by atoms with Crippen molar-refractivity contribution in [2.75, 3.05) is 18.0 Å². The van der Waals surface area contributed by atoms with Crippen LogP contribution in [0.25, 0.3) is 0 Å². The Balaban J connectivity index is 1.95. The van der Waals surface area contributed by atoms with Gasteiger partial charge in [0.1, 0.15) is 0 Å². The fourth-order valence-corrected chi connectivity index (χ4v) is 3.43. The molecule has 1 saturated heterocycles. The Labute approximate surface area is 120 Å². The van der Waals surface area contributed by atoms with Crippen molar-refractivity contribution < 1.29 is 9.90 Å². The van der Waals surface area contributed by atoms with Gasteiger partial charge in [0.25, 0.3) is 0 Å². The van der Waals surface area contributed by atoms with Crippen molar-refractivity contribution in [2.45, 2.75) is 44.9 Å². The lowest BCUT2D eigenvalue weighted by Gasteiger charge is -2.26. The first kappa shape index (κ1) is 13.5. The van der Waals surface area contributed by atoms with Crippen molar-refractivity contribution in [3.63, 3.8) is 0 Å². The van der Waals surface area contributed by atoms with Gasteiger partial charge in [0, 0.05) is 18.8 Å². The third-order valence-corrected chi connectivity index (χ3v) is 4.61. The van der Waals surface area contributed by atoms with Crippen LogP contribution in [0.1, 0.15) is 49.1 Å². The summed E-state index contributed by atoms with van der Waals surface area (Å²) in [6, 6.07) is 6.58. The van der Waals surface area contributed by atoms with Crippen LogP contribution < -0.4 is 4.90 Å². The molecule has 20 heavy (non-hydrogen) atoms. The molecule has 1 atom stereocenters. The number of benzene rings is 1. The van der Waals surface area contributed by atoms with E-state index in [2.05, 4.69) is 30.0 Å². The van der Waals surface area contributed by atoms with Crippen LogP contribution in [-0.2, 0) is 4.79 Å². The Morgan fingerprint density at radius 3 is 2.65 bits per heavy atom. The number of aryl methyl sites for hydroxylation is 1. The number of hydrogen-bond donors (Lipinski definition) is 1. The average molecular weight is 273 g/mol. The number of carboxylic acid groups (broad SMARTS) is 1. The van der Waals surface area contributed by atoms with E-state index in [1.165, 1.54) is 42.5 Å². The number of anilines is 1. The molecule has 2 fully saturated rings. The summed E-state index contributed by atoms with van der Waals surface area (Å²) in [7, 11) is 0. The maximum absolute atomic E-state index is 11.2. The van der Waals surface area contributed by atoms with Gasteiger partial charge in [0.05, 0.1) is 6.42 Å². The van der Waals surface area contributed by atoms with Gasteiger partial charge in [-0.2, -0.15) is 0 Å². The molecule has 1 aromatic rings. The lowest BCUT2D eigenvalue weighted by atomic mass is 9.88. The smallest absolute Gasteiger partial charge is 0.303 e. The zero-order valence-electron chi connectivity index (χ0n) is 12.1. The van der Waals surface area contributed by atoms with Crippen LogP contribution in [0.4, 0.5) is 5.69 Å². The largest absolute Gasteiger partial charge is 0.481 e. The van der Waals surface area contributed by atoms with E-state index >= 15 is 0 Å². The fraction of sp³-hybridized carbons (Fsp3) is 0.588. The predicted molar refractivity (Wildman–Crippen MR) is 80.3 cm³/mol. The molecule has 0 radical (unpaired) electrons. The monoisotopic (exact) mass is 273 g/mol. The number of rotatable bonds is 5. The van der Waals surface area contributed by atoms with Crippen LogP contribution >= 0.6 is 0 Å². The highest BCUT2D eigenvalue weighted by Crippen LogP contribution is 2.47. The van der Waals surface area contributed by atoms with Gasteiger partial charge >= 0.3 is 5.97 Å². The van der Waals surface area contributed by atoms with E-state index in [0.29, 0.717) is 5.92 Å². The maximum atomic E-state index is 11.2. The van der Waals surface area contributed by atoms with E-state index in [0.717, 1.165) is 13.1 Å². The molecule has 1 aliphatic heterocycles. The summed E-state index contributed by atoms with van der Waals surface area (Å²) in [5.41, 5.74) is 3.79. The topological polar surface area (TPSA) is 40.5 Å². The van der Waals surface area contributed by atoms with E-state index in [1.807, 2.05) is 0 Å². The van der Waals surface area contributed by atoms with Crippen molar-refractivity contribution >= 4 is 11.7 Å². The molecule has 3 nitrogen and oxygen atoms in total. The van der Waals surface area contributed by atoms with Crippen LogP contribution in [0.2, 0.25) is 0 Å². The van der Waals surface area contributed by atoms with Crippen molar-refractivity contribution in [2.24, 2.45) is 5.92 Å². The standard InChI is InChI=1S/C17H23NO2/c1-12-4-7-16(18-8-2-3-9-18)15(10-12)14(11-17(19)20)13-5-6-13/h4,7,10,13-14H,2-3,5-6,8-9,11H2,1H3,(H,19,20). The highest BCUT2D eigenvalue weighted by atomic mass is 16.4. The molecule has 1 N–H and O–H groups in total. The van der Waals surface area contributed by atoms with Gasteiger partial charge in [-0.25, -0.2) is 0 Å². The molecule has 108 valence electrons. The van der Waals surface area contributed by atoms with Gasteiger partial charge in [-0.05, 0) is 56.1 Å². The van der Waals surface area contributed by atoms with Crippen molar-refractivity contribution in [3.8, 4) is 0 Å². The molecular formula is C17H23NO2. The second-order valence-electron chi connectivity index (χ2n) is 6.30. The van der Waals surface area contributed by atoms with Crippen LogP contribution in [0.15, 0.2) is 18.2 Å². The summed E-state index contributed by atoms with van der Waals surface area (Å²) >= 11 is 0. The summed E-state index contributed by atoms with van der Waals surface area (Å²) in [4.78, 5) is 13.7. The van der Waals surface area contributed by atoms with Gasteiger partial charge in [0.2, 0.25) is 0 Å². The van der Waals surface area contributed by atoms with Gasteiger partial charge in [-0.3, -0.25) is 4.79 Å². The highest BCUT2D eigenvalue weighted by molar-refractivity contribution is 5.69. The third kappa shape index (κ3) is 2.82. The van der Waals surface area contributed by atoms with Crippen LogP contribution in [0.3, 0.4) is 0 Å². The Bertz CT molecular complexity index is 502. The normalized spacial score (nSPS) is 20.1. The molecule has 3 rings (SSSR count). The molecule has 1 aliphatic carbocycles. The fourth-order valence-electron chi connectivity index (χ4n) is 3.43. The molecule has 0 amide bonds. The quantitative estimate of drug-likeness (QED) is 0.891. The maximum Gasteiger partial charge on any atom is 0.303 e. The first-order valence-corrected chi connectivity index (χ1v) is 7.72. The Kier molecular flexibility index (Phi) is 3.68. The number of aliphatic carboxylic acids is 1. The van der Waals surface area contributed by atoms with E-state index in [1.54, 1.807) is 0 Å². The molecule has 1 unspecified atom stereocenters. The average Bonchev–Trinajstić information content (AvgIpc) is 3.11. The van der Waals surface area contributed by atoms with E-state index < -0.39 is 5.97 Å². The lowest BCUT2D eigenvalue weighted by molar-refractivity contribution is -0.137. The van der Waals surface area contributed by atoms with E-state index in [-0.39, 0.29) is 12.3 Å². The predicted octanol–water partition coefficient (Wildman–Crippen LogP) is 3.56. The summed E-state index contributed by atoms with van der Waals surface area (Å²) < 4.78 is 0. The Hall–Kier alpha value is -1.51. The minimum absolute atomic E-state index is 0.197.